The van der Waals surface area contributed by atoms with E-state index in [-0.39, 0.29) is 42.4 Å². The second-order valence-electron chi connectivity index (χ2n) is 7.27. The first kappa shape index (κ1) is 23.9. The Bertz CT molecular complexity index is 972. The SMILES string of the molecule is COC(=O)c1ccc(CN(C(=O)N2CCS(O)(O)CC2)c2ccccc2C(F)(F)F)cc1. The van der Waals surface area contributed by atoms with Crippen LogP contribution in [0.25, 0.3) is 0 Å². The predicted molar refractivity (Wildman–Crippen MR) is 115 cm³/mol. The second-order valence-corrected chi connectivity index (χ2v) is 9.69. The van der Waals surface area contributed by atoms with Gasteiger partial charge >= 0.3 is 18.2 Å². The van der Waals surface area contributed by atoms with Crippen LogP contribution in [0, 0.1) is 0 Å². The summed E-state index contributed by atoms with van der Waals surface area (Å²) in [6, 6.07) is 10.1. The van der Waals surface area contributed by atoms with Gasteiger partial charge in [0.1, 0.15) is 0 Å². The summed E-state index contributed by atoms with van der Waals surface area (Å²) in [6.45, 7) is -0.139. The number of carbonyl (C=O) groups excluding carboxylic acids is 2. The Morgan fingerprint density at radius 3 is 2.22 bits per heavy atom. The molecule has 11 heteroatoms. The van der Waals surface area contributed by atoms with Crippen LogP contribution in [0.15, 0.2) is 48.5 Å². The van der Waals surface area contributed by atoms with E-state index in [9.17, 15) is 31.9 Å². The average Bonchev–Trinajstić information content (AvgIpc) is 2.76. The van der Waals surface area contributed by atoms with E-state index in [1.54, 1.807) is 0 Å². The zero-order valence-corrected chi connectivity index (χ0v) is 18.0. The lowest BCUT2D eigenvalue weighted by atomic mass is 10.1. The Labute approximate surface area is 184 Å². The molecule has 1 aliphatic rings. The lowest BCUT2D eigenvalue weighted by Crippen LogP contribution is -2.49. The number of amides is 2. The number of halogens is 3. The molecule has 7 nitrogen and oxygen atoms in total. The minimum atomic E-state index is -4.68. The molecule has 174 valence electrons. The summed E-state index contributed by atoms with van der Waals surface area (Å²) in [5.41, 5.74) is -0.490. The van der Waals surface area contributed by atoms with E-state index in [0.29, 0.717) is 5.56 Å². The van der Waals surface area contributed by atoms with Gasteiger partial charge in [0.15, 0.2) is 0 Å². The van der Waals surface area contributed by atoms with Crippen molar-refractivity contribution >= 4 is 28.3 Å². The van der Waals surface area contributed by atoms with E-state index in [2.05, 4.69) is 4.74 Å². The molecule has 1 fully saturated rings. The molecule has 2 aromatic carbocycles. The first-order chi connectivity index (χ1) is 15.0. The summed E-state index contributed by atoms with van der Waals surface area (Å²) in [7, 11) is -1.55. The second kappa shape index (κ2) is 9.39. The highest BCUT2D eigenvalue weighted by atomic mass is 32.3. The van der Waals surface area contributed by atoms with Crippen molar-refractivity contribution < 1.29 is 36.6 Å². The van der Waals surface area contributed by atoms with Crippen LogP contribution in [0.5, 0.6) is 0 Å². The number of alkyl halides is 3. The summed E-state index contributed by atoms with van der Waals surface area (Å²) in [6.07, 6.45) is -4.68. The van der Waals surface area contributed by atoms with Gasteiger partial charge in [0.25, 0.3) is 0 Å². The molecule has 0 bridgehead atoms. The average molecular weight is 472 g/mol. The number of hydrogen-bond acceptors (Lipinski definition) is 5. The van der Waals surface area contributed by atoms with E-state index in [4.69, 9.17) is 0 Å². The number of anilines is 1. The maximum atomic E-state index is 13.7. The van der Waals surface area contributed by atoms with Crippen molar-refractivity contribution in [2.24, 2.45) is 0 Å². The molecule has 0 spiro atoms. The first-order valence-electron chi connectivity index (χ1n) is 9.65. The number of methoxy groups -OCH3 is 1. The van der Waals surface area contributed by atoms with Crippen LogP contribution in [-0.2, 0) is 17.5 Å². The van der Waals surface area contributed by atoms with Gasteiger partial charge in [0, 0.05) is 13.1 Å². The highest BCUT2D eigenvalue weighted by Crippen LogP contribution is 2.41. The smallest absolute Gasteiger partial charge is 0.418 e. The number of benzene rings is 2. The topological polar surface area (TPSA) is 90.3 Å². The van der Waals surface area contributed by atoms with Crippen LogP contribution in [0.1, 0.15) is 21.5 Å². The summed E-state index contributed by atoms with van der Waals surface area (Å²) in [4.78, 5) is 27.2. The molecule has 1 saturated heterocycles. The highest BCUT2D eigenvalue weighted by molar-refractivity contribution is 8.24. The number of nitrogens with zero attached hydrogens (tertiary/aromatic N) is 2. The fourth-order valence-electron chi connectivity index (χ4n) is 3.34. The largest absolute Gasteiger partial charge is 0.465 e. The van der Waals surface area contributed by atoms with Gasteiger partial charge in [-0.25, -0.2) is 9.59 Å². The van der Waals surface area contributed by atoms with Gasteiger partial charge < -0.3 is 9.64 Å². The maximum absolute atomic E-state index is 13.7. The van der Waals surface area contributed by atoms with Crippen molar-refractivity contribution in [3.05, 3.63) is 65.2 Å². The van der Waals surface area contributed by atoms with Gasteiger partial charge in [-0.15, -0.1) is 0 Å². The van der Waals surface area contributed by atoms with Crippen LogP contribution in [0.3, 0.4) is 0 Å². The van der Waals surface area contributed by atoms with E-state index >= 15 is 0 Å². The van der Waals surface area contributed by atoms with Crippen LogP contribution in [0.4, 0.5) is 23.7 Å². The third-order valence-electron chi connectivity index (χ3n) is 5.09. The number of hydrogen-bond donors (Lipinski definition) is 2. The molecule has 2 N–H and O–H groups in total. The summed E-state index contributed by atoms with van der Waals surface area (Å²) in [5, 5.41) is 0. The molecule has 0 aromatic heterocycles. The number of esters is 1. The summed E-state index contributed by atoms with van der Waals surface area (Å²) in [5.74, 6) is -0.609. The van der Waals surface area contributed by atoms with E-state index in [1.807, 2.05) is 0 Å². The van der Waals surface area contributed by atoms with E-state index in [1.165, 1.54) is 54.5 Å². The summed E-state index contributed by atoms with van der Waals surface area (Å²) < 4.78 is 65.3. The number of ether oxygens (including phenoxy) is 1. The molecule has 3 rings (SSSR count). The number of carbonyl (C=O) groups is 2. The number of para-hydroxylation sites is 1. The van der Waals surface area contributed by atoms with Crippen LogP contribution < -0.4 is 4.90 Å². The van der Waals surface area contributed by atoms with E-state index < -0.39 is 34.3 Å². The quantitative estimate of drug-likeness (QED) is 0.631. The third kappa shape index (κ3) is 5.53. The van der Waals surface area contributed by atoms with E-state index in [0.717, 1.165) is 11.0 Å². The summed E-state index contributed by atoms with van der Waals surface area (Å²) >= 11 is 0. The standard InChI is InChI=1S/C21H23F3N2O5S/c1-31-19(27)16-8-6-15(7-9-16)14-26(18-5-3-2-4-17(18)21(22,23)24)20(28)25-10-12-32(29,30)13-11-25/h2-9,29-30H,10-14H2,1H3. The molecule has 0 radical (unpaired) electrons. The minimum Gasteiger partial charge on any atom is -0.465 e. The lowest BCUT2D eigenvalue weighted by molar-refractivity contribution is -0.137. The van der Waals surface area contributed by atoms with Gasteiger partial charge in [-0.05, 0) is 29.8 Å². The van der Waals surface area contributed by atoms with Gasteiger partial charge in [-0.3, -0.25) is 14.0 Å². The Kier molecular flexibility index (Phi) is 7.01. The van der Waals surface area contributed by atoms with Crippen LogP contribution in [0.2, 0.25) is 0 Å². The molecular weight excluding hydrogens is 449 g/mol. The van der Waals surface area contributed by atoms with Crippen LogP contribution >= 0.6 is 10.6 Å². The molecule has 2 amide bonds. The van der Waals surface area contributed by atoms with Crippen molar-refractivity contribution in [2.45, 2.75) is 12.7 Å². The normalized spacial score (nSPS) is 16.9. The molecule has 0 atom stereocenters. The number of rotatable bonds is 4. The molecule has 32 heavy (non-hydrogen) atoms. The fourth-order valence-corrected chi connectivity index (χ4v) is 4.57. The van der Waals surface area contributed by atoms with Gasteiger partial charge in [-0.1, -0.05) is 24.3 Å². The fraction of sp³-hybridized carbons (Fsp3) is 0.333. The van der Waals surface area contributed by atoms with Gasteiger partial charge in [-0.2, -0.15) is 23.8 Å². The van der Waals surface area contributed by atoms with Gasteiger partial charge in [0.05, 0.1) is 42.0 Å². The van der Waals surface area contributed by atoms with Crippen molar-refractivity contribution in [3.8, 4) is 0 Å². The van der Waals surface area contributed by atoms with Crippen molar-refractivity contribution in [3.63, 3.8) is 0 Å². The third-order valence-corrected chi connectivity index (χ3v) is 6.77. The van der Waals surface area contributed by atoms with Crippen molar-refractivity contribution in [2.75, 3.05) is 36.6 Å². The Hall–Kier alpha value is -2.76. The molecule has 1 heterocycles. The Morgan fingerprint density at radius 1 is 1.06 bits per heavy atom. The monoisotopic (exact) mass is 472 g/mol. The molecule has 2 aromatic rings. The maximum Gasteiger partial charge on any atom is 0.418 e. The first-order valence-corrected chi connectivity index (χ1v) is 11.5. The Balaban J connectivity index is 1.95. The highest BCUT2D eigenvalue weighted by Gasteiger charge is 2.37. The molecular formula is C21H23F3N2O5S. The molecule has 1 aliphatic heterocycles. The lowest BCUT2D eigenvalue weighted by Gasteiger charge is -2.42. The van der Waals surface area contributed by atoms with Crippen molar-refractivity contribution in [1.82, 2.24) is 4.90 Å². The predicted octanol–water partition coefficient (Wildman–Crippen LogP) is 4.68. The Morgan fingerprint density at radius 2 is 1.66 bits per heavy atom. The number of urea groups is 1. The van der Waals surface area contributed by atoms with Crippen LogP contribution in [-0.4, -0.2) is 57.7 Å². The van der Waals surface area contributed by atoms with Gasteiger partial charge in [0.2, 0.25) is 0 Å². The molecule has 0 unspecified atom stereocenters. The molecule has 0 aliphatic carbocycles. The molecule has 0 saturated carbocycles. The zero-order valence-electron chi connectivity index (χ0n) is 17.2. The van der Waals surface area contributed by atoms with Crippen molar-refractivity contribution in [1.29, 1.82) is 0 Å². The minimum absolute atomic E-state index is 0.0210. The zero-order chi connectivity index (χ0) is 23.5.